The lowest BCUT2D eigenvalue weighted by atomic mass is 10.0. The van der Waals surface area contributed by atoms with Crippen molar-refractivity contribution in [2.24, 2.45) is 5.92 Å². The molecule has 0 aliphatic heterocycles. The molecule has 0 radical (unpaired) electrons. The summed E-state index contributed by atoms with van der Waals surface area (Å²) in [7, 11) is 0. The molecule has 0 bridgehead atoms. The minimum absolute atomic E-state index is 0.0156. The highest BCUT2D eigenvalue weighted by atomic mass is 32.2. The Hall–Kier alpha value is -2.15. The fourth-order valence-electron chi connectivity index (χ4n) is 3.09. The minimum Gasteiger partial charge on any atom is -0.425 e. The Balaban J connectivity index is 1.92. The molecule has 0 N–H and O–H groups in total. The lowest BCUT2D eigenvalue weighted by Crippen LogP contribution is -2.26. The van der Waals surface area contributed by atoms with Gasteiger partial charge in [0.25, 0.3) is 5.56 Å². The molecule has 0 aliphatic rings. The van der Waals surface area contributed by atoms with Gasteiger partial charge in [-0.2, -0.15) is 0 Å². The van der Waals surface area contributed by atoms with Gasteiger partial charge in [0.1, 0.15) is 0 Å². The van der Waals surface area contributed by atoms with Gasteiger partial charge in [-0.1, -0.05) is 50.6 Å². The summed E-state index contributed by atoms with van der Waals surface area (Å²) in [6.07, 6.45) is 3.19. The summed E-state index contributed by atoms with van der Waals surface area (Å²) in [5.74, 6) is 2.23. The standard InChI is InChI=1S/C20H26N4O2S/c1-13(2)8-7-9-14(3)24-19(25)16-10-5-6-11-17(16)21-20(24)27-12-18-23-22-15(4)26-18/h5-6,10-11,13-14H,7-9,12H2,1-4H3. The van der Waals surface area contributed by atoms with Gasteiger partial charge in [-0.15, -0.1) is 10.2 Å². The number of para-hydroxylation sites is 1. The molecule has 1 unspecified atom stereocenters. The van der Waals surface area contributed by atoms with E-state index in [1.165, 1.54) is 11.8 Å². The maximum atomic E-state index is 13.2. The molecule has 0 saturated heterocycles. The van der Waals surface area contributed by atoms with Gasteiger partial charge < -0.3 is 4.42 Å². The fraction of sp³-hybridized carbons (Fsp3) is 0.500. The van der Waals surface area contributed by atoms with Crippen molar-refractivity contribution in [3.05, 3.63) is 46.4 Å². The Morgan fingerprint density at radius 3 is 2.63 bits per heavy atom. The van der Waals surface area contributed by atoms with Crippen LogP contribution < -0.4 is 5.56 Å². The smallest absolute Gasteiger partial charge is 0.262 e. The van der Waals surface area contributed by atoms with Crippen LogP contribution in [0.5, 0.6) is 0 Å². The lowest BCUT2D eigenvalue weighted by Gasteiger charge is -2.19. The maximum Gasteiger partial charge on any atom is 0.262 e. The zero-order chi connectivity index (χ0) is 19.4. The second kappa shape index (κ2) is 8.69. The summed E-state index contributed by atoms with van der Waals surface area (Å²) < 4.78 is 7.29. The molecular formula is C20H26N4O2S. The van der Waals surface area contributed by atoms with Gasteiger partial charge in [-0.05, 0) is 31.4 Å². The highest BCUT2D eigenvalue weighted by Gasteiger charge is 2.17. The number of thioether (sulfide) groups is 1. The quantitative estimate of drug-likeness (QED) is 0.410. The number of nitrogens with zero attached hydrogens (tertiary/aromatic N) is 4. The maximum absolute atomic E-state index is 13.2. The highest BCUT2D eigenvalue weighted by molar-refractivity contribution is 7.98. The van der Waals surface area contributed by atoms with Gasteiger partial charge in [0, 0.05) is 13.0 Å². The van der Waals surface area contributed by atoms with E-state index in [1.54, 1.807) is 6.92 Å². The predicted octanol–water partition coefficient (Wildman–Crippen LogP) is 4.77. The summed E-state index contributed by atoms with van der Waals surface area (Å²) >= 11 is 1.47. The van der Waals surface area contributed by atoms with E-state index in [9.17, 15) is 4.79 Å². The normalized spacial score (nSPS) is 12.8. The summed E-state index contributed by atoms with van der Waals surface area (Å²) in [6, 6.07) is 7.59. The molecule has 7 heteroatoms. The topological polar surface area (TPSA) is 73.8 Å². The van der Waals surface area contributed by atoms with Crippen LogP contribution in [0.2, 0.25) is 0 Å². The van der Waals surface area contributed by atoms with Gasteiger partial charge in [-0.3, -0.25) is 9.36 Å². The average Bonchev–Trinajstić information content (AvgIpc) is 3.05. The third kappa shape index (κ3) is 4.77. The fourth-order valence-corrected chi connectivity index (χ4v) is 4.02. The second-order valence-corrected chi connectivity index (χ2v) is 8.21. The Kier molecular flexibility index (Phi) is 6.31. The minimum atomic E-state index is 0.0156. The Labute approximate surface area is 163 Å². The average molecular weight is 387 g/mol. The van der Waals surface area contributed by atoms with E-state index in [-0.39, 0.29) is 11.6 Å². The van der Waals surface area contributed by atoms with E-state index in [0.717, 1.165) is 24.8 Å². The molecule has 27 heavy (non-hydrogen) atoms. The monoisotopic (exact) mass is 386 g/mol. The molecular weight excluding hydrogens is 360 g/mol. The van der Waals surface area contributed by atoms with Crippen LogP contribution in [0.4, 0.5) is 0 Å². The van der Waals surface area contributed by atoms with Crippen LogP contribution in [-0.4, -0.2) is 19.7 Å². The number of hydrogen-bond acceptors (Lipinski definition) is 6. The van der Waals surface area contributed by atoms with Crippen molar-refractivity contribution in [1.82, 2.24) is 19.7 Å². The van der Waals surface area contributed by atoms with Gasteiger partial charge in [-0.25, -0.2) is 4.98 Å². The Bertz CT molecular complexity index is 964. The molecule has 2 aromatic heterocycles. The summed E-state index contributed by atoms with van der Waals surface area (Å²) in [6.45, 7) is 8.31. The van der Waals surface area contributed by atoms with Crippen molar-refractivity contribution in [2.75, 3.05) is 0 Å². The molecule has 2 heterocycles. The van der Waals surface area contributed by atoms with Crippen LogP contribution in [0.3, 0.4) is 0 Å². The predicted molar refractivity (Wildman–Crippen MR) is 108 cm³/mol. The highest BCUT2D eigenvalue weighted by Crippen LogP contribution is 2.26. The van der Waals surface area contributed by atoms with Crippen LogP contribution in [0.25, 0.3) is 10.9 Å². The second-order valence-electron chi connectivity index (χ2n) is 7.26. The molecule has 3 rings (SSSR count). The van der Waals surface area contributed by atoms with E-state index >= 15 is 0 Å². The third-order valence-electron chi connectivity index (χ3n) is 4.51. The molecule has 0 saturated carbocycles. The largest absolute Gasteiger partial charge is 0.425 e. The van der Waals surface area contributed by atoms with Crippen molar-refractivity contribution >= 4 is 22.7 Å². The number of rotatable bonds is 8. The van der Waals surface area contributed by atoms with Crippen LogP contribution in [-0.2, 0) is 5.75 Å². The number of aryl methyl sites for hydroxylation is 1. The van der Waals surface area contributed by atoms with E-state index < -0.39 is 0 Å². The first-order chi connectivity index (χ1) is 13.0. The Morgan fingerprint density at radius 2 is 1.93 bits per heavy atom. The Morgan fingerprint density at radius 1 is 1.15 bits per heavy atom. The van der Waals surface area contributed by atoms with Crippen molar-refractivity contribution in [3.8, 4) is 0 Å². The number of aromatic nitrogens is 4. The molecule has 3 aromatic rings. The first-order valence-electron chi connectivity index (χ1n) is 9.38. The van der Waals surface area contributed by atoms with E-state index in [0.29, 0.717) is 34.0 Å². The molecule has 0 spiro atoms. The summed E-state index contributed by atoms with van der Waals surface area (Å²) in [5, 5.41) is 9.26. The van der Waals surface area contributed by atoms with Crippen LogP contribution >= 0.6 is 11.8 Å². The molecule has 1 atom stereocenters. The van der Waals surface area contributed by atoms with Crippen molar-refractivity contribution in [3.63, 3.8) is 0 Å². The van der Waals surface area contributed by atoms with Gasteiger partial charge in [0.05, 0.1) is 16.7 Å². The zero-order valence-electron chi connectivity index (χ0n) is 16.3. The third-order valence-corrected chi connectivity index (χ3v) is 5.45. The van der Waals surface area contributed by atoms with Crippen LogP contribution in [0.1, 0.15) is 57.9 Å². The van der Waals surface area contributed by atoms with Crippen molar-refractivity contribution in [1.29, 1.82) is 0 Å². The van der Waals surface area contributed by atoms with Gasteiger partial charge in [0.2, 0.25) is 11.8 Å². The van der Waals surface area contributed by atoms with Crippen LogP contribution in [0, 0.1) is 12.8 Å². The first kappa shape index (κ1) is 19.6. The lowest BCUT2D eigenvalue weighted by molar-refractivity contribution is 0.413. The van der Waals surface area contributed by atoms with E-state index in [1.807, 2.05) is 28.8 Å². The molecule has 6 nitrogen and oxygen atoms in total. The first-order valence-corrected chi connectivity index (χ1v) is 10.4. The van der Waals surface area contributed by atoms with Crippen molar-refractivity contribution in [2.45, 2.75) is 63.9 Å². The van der Waals surface area contributed by atoms with Gasteiger partial charge >= 0.3 is 0 Å². The summed E-state index contributed by atoms with van der Waals surface area (Å²) in [5.41, 5.74) is 0.735. The molecule has 0 amide bonds. The number of fused-ring (bicyclic) bond motifs is 1. The van der Waals surface area contributed by atoms with Gasteiger partial charge in [0.15, 0.2) is 5.16 Å². The number of hydrogen-bond donors (Lipinski definition) is 0. The molecule has 1 aromatic carbocycles. The molecule has 144 valence electrons. The molecule has 0 fully saturated rings. The van der Waals surface area contributed by atoms with E-state index in [2.05, 4.69) is 31.0 Å². The van der Waals surface area contributed by atoms with Crippen molar-refractivity contribution < 1.29 is 4.42 Å². The van der Waals surface area contributed by atoms with Crippen LogP contribution in [0.15, 0.2) is 38.6 Å². The van der Waals surface area contributed by atoms with E-state index in [4.69, 9.17) is 9.40 Å². The number of benzene rings is 1. The summed E-state index contributed by atoms with van der Waals surface area (Å²) in [4.78, 5) is 17.9. The SMILES string of the molecule is Cc1nnc(CSc2nc3ccccc3c(=O)n2C(C)CCCC(C)C)o1. The zero-order valence-corrected chi connectivity index (χ0v) is 17.1. The molecule has 0 aliphatic carbocycles.